The highest BCUT2D eigenvalue weighted by molar-refractivity contribution is 7.89. The van der Waals surface area contributed by atoms with Crippen LogP contribution in [0.1, 0.15) is 32.6 Å². The van der Waals surface area contributed by atoms with Gasteiger partial charge in [-0.3, -0.25) is 14.3 Å². The Morgan fingerprint density at radius 3 is 2.47 bits per heavy atom. The summed E-state index contributed by atoms with van der Waals surface area (Å²) in [5, 5.41) is 17.9. The van der Waals surface area contributed by atoms with Crippen LogP contribution in [0, 0.1) is 11.3 Å². The van der Waals surface area contributed by atoms with Gasteiger partial charge in [0.05, 0.1) is 28.4 Å². The van der Waals surface area contributed by atoms with Crippen molar-refractivity contribution in [3.05, 3.63) is 46.9 Å². The lowest BCUT2D eigenvalue weighted by Crippen LogP contribution is -2.48. The molecule has 0 bridgehead atoms. The summed E-state index contributed by atoms with van der Waals surface area (Å²) in [5.41, 5.74) is 0.132. The Hall–Kier alpha value is -3.69. The lowest BCUT2D eigenvalue weighted by atomic mass is 9.84. The van der Waals surface area contributed by atoms with E-state index in [-0.39, 0.29) is 22.8 Å². The van der Waals surface area contributed by atoms with Crippen LogP contribution in [0.4, 0.5) is 11.5 Å². The van der Waals surface area contributed by atoms with Gasteiger partial charge >= 0.3 is 0 Å². The van der Waals surface area contributed by atoms with Crippen molar-refractivity contribution in [2.45, 2.75) is 43.0 Å². The number of fused-ring (bicyclic) bond motifs is 1. The summed E-state index contributed by atoms with van der Waals surface area (Å²) >= 11 is 0. The van der Waals surface area contributed by atoms with Gasteiger partial charge in [0.2, 0.25) is 15.9 Å². The molecule has 1 aromatic carbocycles. The highest BCUT2D eigenvalue weighted by atomic mass is 32.2. The Labute approximate surface area is 209 Å². The average Bonchev–Trinajstić information content (AvgIpc) is 3.24. The number of pyridine rings is 1. The zero-order valence-electron chi connectivity index (χ0n) is 20.5. The second-order valence-electron chi connectivity index (χ2n) is 9.06. The van der Waals surface area contributed by atoms with Gasteiger partial charge in [-0.15, -0.1) is 0 Å². The summed E-state index contributed by atoms with van der Waals surface area (Å²) in [6.45, 7) is 2.83. The number of nitrogens with zero attached hydrogens (tertiary/aromatic N) is 5. The molecule has 12 heteroatoms. The fourth-order valence-corrected chi connectivity index (χ4v) is 5.49. The largest absolute Gasteiger partial charge is 0.343 e. The molecule has 11 nitrogen and oxygen atoms in total. The third-order valence-corrected chi connectivity index (χ3v) is 8.54. The van der Waals surface area contributed by atoms with Crippen molar-refractivity contribution in [2.75, 3.05) is 32.5 Å². The monoisotopic (exact) mass is 511 g/mol. The minimum absolute atomic E-state index is 0.0735. The molecule has 2 N–H and O–H groups in total. The summed E-state index contributed by atoms with van der Waals surface area (Å²) in [6.07, 6.45) is 3.22. The van der Waals surface area contributed by atoms with Crippen molar-refractivity contribution in [1.82, 2.24) is 24.0 Å². The van der Waals surface area contributed by atoms with Crippen molar-refractivity contribution >= 4 is 38.3 Å². The summed E-state index contributed by atoms with van der Waals surface area (Å²) in [4.78, 5) is 29.7. The summed E-state index contributed by atoms with van der Waals surface area (Å²) in [5.74, 6) is 0.379. The molecule has 3 heterocycles. The van der Waals surface area contributed by atoms with E-state index in [2.05, 4.69) is 16.4 Å². The molecule has 1 aliphatic rings. The normalized spacial score (nSPS) is 15.7. The molecular weight excluding hydrogens is 482 g/mol. The number of hydrogen-bond acceptors (Lipinski definition) is 7. The SMILES string of the molecule is CCC(=O)N1CCC(CC#N)(n2nc(Nc3ccc(S(=O)(=O)N(C)C)cc3)c3c(=O)[nH]ccc32)CC1. The molecule has 0 unspecified atom stereocenters. The van der Waals surface area contributed by atoms with Gasteiger partial charge in [0.25, 0.3) is 5.56 Å². The van der Waals surface area contributed by atoms with Gasteiger partial charge in [-0.25, -0.2) is 12.7 Å². The van der Waals surface area contributed by atoms with Crippen LogP contribution in [0.15, 0.2) is 46.2 Å². The van der Waals surface area contributed by atoms with Crippen LogP contribution in [-0.4, -0.2) is 65.5 Å². The van der Waals surface area contributed by atoms with E-state index in [1.807, 2.05) is 6.92 Å². The lowest BCUT2D eigenvalue weighted by molar-refractivity contribution is -0.133. The van der Waals surface area contributed by atoms with Crippen LogP contribution in [0.3, 0.4) is 0 Å². The molecule has 4 rings (SSSR count). The molecule has 36 heavy (non-hydrogen) atoms. The Morgan fingerprint density at radius 2 is 1.89 bits per heavy atom. The predicted octanol–water partition coefficient (Wildman–Crippen LogP) is 2.36. The third kappa shape index (κ3) is 4.47. The number of nitrogens with one attached hydrogen (secondary N) is 2. The van der Waals surface area contributed by atoms with Crippen LogP contribution in [0.25, 0.3) is 10.9 Å². The number of piperidine rings is 1. The molecule has 1 aliphatic heterocycles. The van der Waals surface area contributed by atoms with Gasteiger partial charge in [-0.2, -0.15) is 10.4 Å². The zero-order chi connectivity index (χ0) is 26.1. The van der Waals surface area contributed by atoms with E-state index >= 15 is 0 Å². The van der Waals surface area contributed by atoms with Crippen LogP contribution < -0.4 is 10.9 Å². The van der Waals surface area contributed by atoms with Crippen molar-refractivity contribution in [3.63, 3.8) is 0 Å². The number of sulfonamides is 1. The summed E-state index contributed by atoms with van der Waals surface area (Å²) in [7, 11) is -0.644. The number of carbonyl (C=O) groups excluding carboxylic acids is 1. The van der Waals surface area contributed by atoms with E-state index in [9.17, 15) is 23.3 Å². The fraction of sp³-hybridized carbons (Fsp3) is 0.417. The summed E-state index contributed by atoms with van der Waals surface area (Å²) < 4.78 is 27.6. The quantitative estimate of drug-likeness (QED) is 0.495. The molecule has 3 aromatic rings. The zero-order valence-corrected chi connectivity index (χ0v) is 21.3. The molecule has 0 aliphatic carbocycles. The first kappa shape index (κ1) is 25.4. The molecule has 2 aromatic heterocycles. The third-order valence-electron chi connectivity index (χ3n) is 6.71. The Balaban J connectivity index is 1.74. The van der Waals surface area contributed by atoms with Gasteiger partial charge in [-0.05, 0) is 43.2 Å². The Morgan fingerprint density at radius 1 is 1.22 bits per heavy atom. The molecular formula is C24H29N7O4S. The minimum Gasteiger partial charge on any atom is -0.343 e. The second kappa shape index (κ2) is 9.75. The molecule has 0 atom stereocenters. The molecule has 1 fully saturated rings. The van der Waals surface area contributed by atoms with Gasteiger partial charge < -0.3 is 15.2 Å². The van der Waals surface area contributed by atoms with E-state index in [1.54, 1.807) is 34.0 Å². The van der Waals surface area contributed by atoms with Gasteiger partial charge in [0.15, 0.2) is 5.82 Å². The number of aromatic amines is 1. The maximum atomic E-state index is 12.8. The molecule has 0 saturated carbocycles. The number of hydrogen-bond donors (Lipinski definition) is 2. The number of anilines is 2. The van der Waals surface area contributed by atoms with E-state index in [0.717, 1.165) is 4.31 Å². The smallest absolute Gasteiger partial charge is 0.261 e. The summed E-state index contributed by atoms with van der Waals surface area (Å²) in [6, 6.07) is 10.2. The number of amides is 1. The molecule has 1 saturated heterocycles. The highest BCUT2D eigenvalue weighted by Gasteiger charge is 2.40. The van der Waals surface area contributed by atoms with Gasteiger partial charge in [0.1, 0.15) is 5.39 Å². The maximum Gasteiger partial charge on any atom is 0.261 e. The second-order valence-corrected chi connectivity index (χ2v) is 11.2. The number of aromatic nitrogens is 3. The number of carbonyl (C=O) groups is 1. The van der Waals surface area contributed by atoms with Crippen molar-refractivity contribution in [1.29, 1.82) is 5.26 Å². The first-order valence-corrected chi connectivity index (χ1v) is 13.1. The Kier molecular flexibility index (Phi) is 6.88. The molecule has 190 valence electrons. The number of likely N-dealkylation sites (tertiary alicyclic amines) is 1. The fourth-order valence-electron chi connectivity index (χ4n) is 4.59. The Bertz CT molecular complexity index is 1480. The molecule has 0 spiro atoms. The maximum absolute atomic E-state index is 12.8. The number of H-pyrrole nitrogens is 1. The topological polar surface area (TPSA) is 144 Å². The number of nitriles is 1. The van der Waals surface area contributed by atoms with Crippen molar-refractivity contribution < 1.29 is 13.2 Å². The van der Waals surface area contributed by atoms with Crippen molar-refractivity contribution in [2.24, 2.45) is 0 Å². The number of rotatable bonds is 7. The van der Waals surface area contributed by atoms with Crippen LogP contribution >= 0.6 is 0 Å². The van der Waals surface area contributed by atoms with E-state index < -0.39 is 15.6 Å². The first-order valence-electron chi connectivity index (χ1n) is 11.7. The van der Waals surface area contributed by atoms with Gasteiger partial charge in [-0.1, -0.05) is 6.92 Å². The lowest BCUT2D eigenvalue weighted by Gasteiger charge is -2.41. The molecule has 0 radical (unpaired) electrons. The van der Waals surface area contributed by atoms with E-state index in [4.69, 9.17) is 5.10 Å². The highest BCUT2D eigenvalue weighted by Crippen LogP contribution is 2.37. The van der Waals surface area contributed by atoms with E-state index in [1.165, 1.54) is 26.2 Å². The standard InChI is InChI=1S/C24H29N7O4S/c1-4-20(32)30-15-11-24(10-13-25,12-16-30)31-19-9-14-26-23(33)21(19)22(28-31)27-17-5-7-18(8-6-17)36(34,35)29(2)3/h5-9,14H,4,10-12,15-16H2,1-3H3,(H,26,33)(H,27,28). The van der Waals surface area contributed by atoms with Gasteiger partial charge in [0, 0.05) is 45.5 Å². The van der Waals surface area contributed by atoms with Crippen LogP contribution in [0.2, 0.25) is 0 Å². The average molecular weight is 512 g/mol. The number of benzene rings is 1. The predicted molar refractivity (Wildman–Crippen MR) is 135 cm³/mol. The molecule has 1 amide bonds. The van der Waals surface area contributed by atoms with Crippen LogP contribution in [0.5, 0.6) is 0 Å². The van der Waals surface area contributed by atoms with Crippen molar-refractivity contribution in [3.8, 4) is 6.07 Å². The minimum atomic E-state index is -3.57. The van der Waals surface area contributed by atoms with E-state index in [0.29, 0.717) is 54.8 Å². The van der Waals surface area contributed by atoms with Crippen LogP contribution in [-0.2, 0) is 20.4 Å². The first-order chi connectivity index (χ1) is 17.1.